The second kappa shape index (κ2) is 5.11. The molecule has 3 heterocycles. The van der Waals surface area contributed by atoms with Gasteiger partial charge in [0, 0.05) is 18.9 Å². The van der Waals surface area contributed by atoms with Gasteiger partial charge in [0.05, 0.1) is 17.2 Å². The Morgan fingerprint density at radius 2 is 1.86 bits per heavy atom. The first-order chi connectivity index (χ1) is 10.8. The van der Waals surface area contributed by atoms with Gasteiger partial charge in [-0.25, -0.2) is 9.97 Å². The Morgan fingerprint density at radius 1 is 1.05 bits per heavy atom. The van der Waals surface area contributed by atoms with E-state index in [0.29, 0.717) is 6.54 Å². The number of benzene rings is 1. The molecule has 0 fully saturated rings. The number of aryl methyl sites for hydroxylation is 1. The number of hydrogen-bond donors (Lipinski definition) is 1. The lowest BCUT2D eigenvalue weighted by molar-refractivity contribution is 1.06. The van der Waals surface area contributed by atoms with Crippen molar-refractivity contribution in [3.8, 4) is 0 Å². The van der Waals surface area contributed by atoms with Crippen molar-refractivity contribution in [3.63, 3.8) is 0 Å². The van der Waals surface area contributed by atoms with E-state index in [0.717, 1.165) is 28.2 Å². The van der Waals surface area contributed by atoms with Crippen LogP contribution < -0.4 is 5.32 Å². The molecule has 0 spiro atoms. The smallest absolute Gasteiger partial charge is 0.153 e. The van der Waals surface area contributed by atoms with Gasteiger partial charge in [0.2, 0.25) is 0 Å². The van der Waals surface area contributed by atoms with Crippen LogP contribution in [-0.4, -0.2) is 19.4 Å². The molecule has 0 saturated heterocycles. The highest BCUT2D eigenvalue weighted by Crippen LogP contribution is 2.23. The molecular formula is C17H15N5. The van der Waals surface area contributed by atoms with Gasteiger partial charge in [-0.2, -0.15) is 0 Å². The summed E-state index contributed by atoms with van der Waals surface area (Å²) in [6, 6.07) is 12.1. The summed E-state index contributed by atoms with van der Waals surface area (Å²) < 4.78 is 2.14. The summed E-state index contributed by atoms with van der Waals surface area (Å²) in [7, 11) is 0. The van der Waals surface area contributed by atoms with E-state index in [9.17, 15) is 0 Å². The van der Waals surface area contributed by atoms with Gasteiger partial charge in [-0.1, -0.05) is 12.1 Å². The average Bonchev–Trinajstić information content (AvgIpc) is 2.96. The summed E-state index contributed by atoms with van der Waals surface area (Å²) in [6.07, 6.45) is 5.45. The molecule has 0 unspecified atom stereocenters. The van der Waals surface area contributed by atoms with Crippen LogP contribution in [0.25, 0.3) is 16.6 Å². The Labute approximate surface area is 127 Å². The molecule has 0 aliphatic heterocycles. The van der Waals surface area contributed by atoms with Crippen LogP contribution in [0.3, 0.4) is 0 Å². The Bertz CT molecular complexity index is 943. The summed E-state index contributed by atoms with van der Waals surface area (Å²) >= 11 is 0. The SMILES string of the molecule is Cc1ncc2c(NCc3ccncc3)nc3ccccc3n12. The fourth-order valence-corrected chi connectivity index (χ4v) is 2.66. The number of nitrogens with zero attached hydrogens (tertiary/aromatic N) is 4. The predicted octanol–water partition coefficient (Wildman–Crippen LogP) is 3.20. The molecule has 0 radical (unpaired) electrons. The van der Waals surface area contributed by atoms with Crippen molar-refractivity contribution >= 4 is 22.4 Å². The van der Waals surface area contributed by atoms with E-state index in [1.807, 2.05) is 43.5 Å². The van der Waals surface area contributed by atoms with Gasteiger partial charge in [0.1, 0.15) is 11.3 Å². The highest BCUT2D eigenvalue weighted by Gasteiger charge is 2.10. The first kappa shape index (κ1) is 12.8. The number of rotatable bonds is 3. The first-order valence-electron chi connectivity index (χ1n) is 7.18. The standard InChI is InChI=1S/C17H15N5/c1-12-19-11-16-17(20-10-13-6-8-18-9-7-13)21-14-4-2-3-5-15(14)22(12)16/h2-9,11H,10H2,1H3,(H,20,21). The number of fused-ring (bicyclic) bond motifs is 3. The Hall–Kier alpha value is -2.95. The van der Waals surface area contributed by atoms with E-state index >= 15 is 0 Å². The molecule has 0 amide bonds. The average molecular weight is 289 g/mol. The minimum atomic E-state index is 0.702. The molecule has 5 nitrogen and oxygen atoms in total. The van der Waals surface area contributed by atoms with Crippen LogP contribution in [0.2, 0.25) is 0 Å². The number of nitrogens with one attached hydrogen (secondary N) is 1. The molecule has 1 aromatic carbocycles. The van der Waals surface area contributed by atoms with Crippen molar-refractivity contribution in [1.82, 2.24) is 19.4 Å². The fourth-order valence-electron chi connectivity index (χ4n) is 2.66. The normalized spacial score (nSPS) is 11.1. The third-order valence-corrected chi connectivity index (χ3v) is 3.75. The third-order valence-electron chi connectivity index (χ3n) is 3.75. The van der Waals surface area contributed by atoms with Crippen LogP contribution >= 0.6 is 0 Å². The van der Waals surface area contributed by atoms with Crippen LogP contribution in [0.1, 0.15) is 11.4 Å². The fraction of sp³-hybridized carbons (Fsp3) is 0.118. The molecule has 4 aromatic rings. The zero-order valence-electron chi connectivity index (χ0n) is 12.2. The second-order valence-corrected chi connectivity index (χ2v) is 5.18. The van der Waals surface area contributed by atoms with E-state index in [-0.39, 0.29) is 0 Å². The molecule has 0 saturated carbocycles. The van der Waals surface area contributed by atoms with Gasteiger partial charge in [0.15, 0.2) is 5.82 Å². The van der Waals surface area contributed by atoms with Crippen molar-refractivity contribution in [3.05, 3.63) is 66.4 Å². The first-order valence-corrected chi connectivity index (χ1v) is 7.18. The molecule has 108 valence electrons. The lowest BCUT2D eigenvalue weighted by Gasteiger charge is -2.10. The summed E-state index contributed by atoms with van der Waals surface area (Å²) in [5, 5.41) is 3.41. The van der Waals surface area contributed by atoms with Gasteiger partial charge in [-0.05, 0) is 36.8 Å². The monoisotopic (exact) mass is 289 g/mol. The van der Waals surface area contributed by atoms with E-state index < -0.39 is 0 Å². The molecule has 1 N–H and O–H groups in total. The molecule has 0 aliphatic carbocycles. The molecular weight excluding hydrogens is 274 g/mol. The molecule has 0 aliphatic rings. The highest BCUT2D eigenvalue weighted by molar-refractivity contribution is 5.84. The van der Waals surface area contributed by atoms with Gasteiger partial charge in [0.25, 0.3) is 0 Å². The molecule has 0 atom stereocenters. The highest BCUT2D eigenvalue weighted by atomic mass is 15.1. The van der Waals surface area contributed by atoms with Crippen molar-refractivity contribution in [2.24, 2.45) is 0 Å². The number of para-hydroxylation sites is 2. The maximum Gasteiger partial charge on any atom is 0.153 e. The van der Waals surface area contributed by atoms with Gasteiger partial charge in [-0.3, -0.25) is 9.38 Å². The van der Waals surface area contributed by atoms with Gasteiger partial charge >= 0.3 is 0 Å². The predicted molar refractivity (Wildman–Crippen MR) is 86.8 cm³/mol. The van der Waals surface area contributed by atoms with Crippen LogP contribution in [-0.2, 0) is 6.54 Å². The Balaban J connectivity index is 1.82. The molecule has 22 heavy (non-hydrogen) atoms. The van der Waals surface area contributed by atoms with Gasteiger partial charge < -0.3 is 5.32 Å². The number of pyridine rings is 1. The minimum Gasteiger partial charge on any atom is -0.364 e. The topological polar surface area (TPSA) is 55.1 Å². The van der Waals surface area contributed by atoms with Crippen LogP contribution in [0.15, 0.2) is 55.0 Å². The quantitative estimate of drug-likeness (QED) is 0.629. The number of imidazole rings is 1. The van der Waals surface area contributed by atoms with Crippen molar-refractivity contribution in [2.45, 2.75) is 13.5 Å². The van der Waals surface area contributed by atoms with Crippen molar-refractivity contribution < 1.29 is 0 Å². The third kappa shape index (κ3) is 2.07. The zero-order valence-corrected chi connectivity index (χ0v) is 12.2. The zero-order chi connectivity index (χ0) is 14.9. The van der Waals surface area contributed by atoms with E-state index in [1.165, 1.54) is 5.56 Å². The van der Waals surface area contributed by atoms with Crippen LogP contribution in [0.4, 0.5) is 5.82 Å². The number of anilines is 1. The van der Waals surface area contributed by atoms with Crippen molar-refractivity contribution in [1.29, 1.82) is 0 Å². The van der Waals surface area contributed by atoms with Gasteiger partial charge in [-0.15, -0.1) is 0 Å². The largest absolute Gasteiger partial charge is 0.364 e. The lowest BCUT2D eigenvalue weighted by atomic mass is 10.2. The summed E-state index contributed by atoms with van der Waals surface area (Å²) in [6.45, 7) is 2.71. The minimum absolute atomic E-state index is 0.702. The Morgan fingerprint density at radius 3 is 2.73 bits per heavy atom. The van der Waals surface area contributed by atoms with Crippen molar-refractivity contribution in [2.75, 3.05) is 5.32 Å². The van der Waals surface area contributed by atoms with E-state index in [2.05, 4.69) is 25.8 Å². The summed E-state index contributed by atoms with van der Waals surface area (Å²) in [4.78, 5) is 13.2. The molecule has 0 bridgehead atoms. The van der Waals surface area contributed by atoms with E-state index in [4.69, 9.17) is 4.98 Å². The lowest BCUT2D eigenvalue weighted by Crippen LogP contribution is -2.04. The van der Waals surface area contributed by atoms with E-state index in [1.54, 1.807) is 12.4 Å². The van der Waals surface area contributed by atoms with Crippen LogP contribution in [0.5, 0.6) is 0 Å². The number of hydrogen-bond acceptors (Lipinski definition) is 4. The maximum absolute atomic E-state index is 4.74. The number of aromatic nitrogens is 4. The van der Waals surface area contributed by atoms with Crippen LogP contribution in [0, 0.1) is 6.92 Å². The molecule has 5 heteroatoms. The summed E-state index contributed by atoms with van der Waals surface area (Å²) in [5.41, 5.74) is 4.18. The maximum atomic E-state index is 4.74. The molecule has 3 aromatic heterocycles. The summed E-state index contributed by atoms with van der Waals surface area (Å²) in [5.74, 6) is 1.80. The Kier molecular flexibility index (Phi) is 2.96. The second-order valence-electron chi connectivity index (χ2n) is 5.18. The molecule has 4 rings (SSSR count).